The van der Waals surface area contributed by atoms with Gasteiger partial charge in [-0.1, -0.05) is 73.8 Å². The molecule has 0 aliphatic heterocycles. The highest BCUT2D eigenvalue weighted by molar-refractivity contribution is 7.91. The van der Waals surface area contributed by atoms with Crippen molar-refractivity contribution in [3.05, 3.63) is 47.5 Å². The van der Waals surface area contributed by atoms with Crippen LogP contribution in [0.4, 0.5) is 0 Å². The van der Waals surface area contributed by atoms with Gasteiger partial charge < -0.3 is 4.55 Å². The Morgan fingerprint density at radius 3 is 2.75 bits per heavy atom. The zero-order valence-corrected chi connectivity index (χ0v) is 15.4. The summed E-state index contributed by atoms with van der Waals surface area (Å²) in [6.07, 6.45) is 9.49. The fourth-order valence-electron chi connectivity index (χ4n) is 3.38. The standard InChI is InChI=1S/C18H24N2O2S2/c21-24(18-19-11-12-23-18)20-22-14-17(16-9-5-2-6-10-16)13-15-7-3-1-4-8-15/h2,5-6,9-12,15,17,20H,1,3-4,7-8,13-14H2. The van der Waals surface area contributed by atoms with Gasteiger partial charge in [0.25, 0.3) is 0 Å². The molecule has 1 saturated carbocycles. The highest BCUT2D eigenvalue weighted by Gasteiger charge is 2.22. The van der Waals surface area contributed by atoms with Gasteiger partial charge in [0.15, 0.2) is 0 Å². The molecule has 2 unspecified atom stereocenters. The summed E-state index contributed by atoms with van der Waals surface area (Å²) in [7, 11) is 0. The first-order chi connectivity index (χ1) is 11.8. The van der Waals surface area contributed by atoms with Crippen molar-refractivity contribution in [2.45, 2.75) is 48.8 Å². The lowest BCUT2D eigenvalue weighted by Crippen LogP contribution is -2.27. The Labute approximate surface area is 150 Å². The second kappa shape index (κ2) is 9.53. The molecule has 0 radical (unpaired) electrons. The van der Waals surface area contributed by atoms with Gasteiger partial charge in [-0.05, 0) is 22.8 Å². The molecule has 1 aliphatic carbocycles. The van der Waals surface area contributed by atoms with Crippen molar-refractivity contribution in [3.63, 3.8) is 0 Å². The van der Waals surface area contributed by atoms with Gasteiger partial charge >= 0.3 is 4.34 Å². The fraction of sp³-hybridized carbons (Fsp3) is 0.500. The van der Waals surface area contributed by atoms with Crippen molar-refractivity contribution < 1.29 is 9.39 Å². The lowest BCUT2D eigenvalue weighted by atomic mass is 9.81. The third kappa shape index (κ3) is 5.29. The predicted molar refractivity (Wildman–Crippen MR) is 98.0 cm³/mol. The van der Waals surface area contributed by atoms with Crippen molar-refractivity contribution >= 4 is 22.7 Å². The summed E-state index contributed by atoms with van der Waals surface area (Å²) in [5.74, 6) is 1.10. The van der Waals surface area contributed by atoms with E-state index in [2.05, 4.69) is 34.1 Å². The number of thiazole rings is 1. The van der Waals surface area contributed by atoms with Crippen LogP contribution in [0.1, 0.15) is 50.0 Å². The number of hydrogen-bond donors (Lipinski definition) is 1. The van der Waals surface area contributed by atoms with Gasteiger partial charge in [0, 0.05) is 17.5 Å². The lowest BCUT2D eigenvalue weighted by molar-refractivity contribution is 0.0734. The smallest absolute Gasteiger partial charge is 0.325 e. The van der Waals surface area contributed by atoms with E-state index >= 15 is 0 Å². The molecule has 3 rings (SSSR count). The average molecular weight is 365 g/mol. The minimum atomic E-state index is -1.40. The molecule has 0 amide bonds. The summed E-state index contributed by atoms with van der Waals surface area (Å²) in [5.41, 5.74) is 1.30. The van der Waals surface area contributed by atoms with Crippen LogP contribution in [0.2, 0.25) is 0 Å². The molecule has 0 saturated heterocycles. The molecule has 1 aliphatic rings. The summed E-state index contributed by atoms with van der Waals surface area (Å²) in [5, 5.41) is 1.81. The molecule has 0 spiro atoms. The van der Waals surface area contributed by atoms with E-state index in [1.165, 1.54) is 49.0 Å². The maximum absolute atomic E-state index is 12.0. The van der Waals surface area contributed by atoms with E-state index in [1.54, 1.807) is 6.20 Å². The van der Waals surface area contributed by atoms with Crippen LogP contribution < -0.4 is 4.89 Å². The number of hydrogen-bond acceptors (Lipinski definition) is 5. The molecular formula is C18H24N2O2S2. The highest BCUT2D eigenvalue weighted by Crippen LogP contribution is 2.33. The summed E-state index contributed by atoms with van der Waals surface area (Å²) in [6.45, 7) is 0.525. The van der Waals surface area contributed by atoms with Gasteiger partial charge in [0.1, 0.15) is 11.4 Å². The molecule has 24 heavy (non-hydrogen) atoms. The fourth-order valence-corrected chi connectivity index (χ4v) is 4.76. The van der Waals surface area contributed by atoms with Crippen LogP contribution in [-0.4, -0.2) is 16.1 Å². The maximum atomic E-state index is 12.0. The first-order valence-corrected chi connectivity index (χ1v) is 10.6. The van der Waals surface area contributed by atoms with Crippen molar-refractivity contribution in [2.75, 3.05) is 6.61 Å². The Bertz CT molecular complexity index is 574. The Balaban J connectivity index is 1.55. The summed E-state index contributed by atoms with van der Waals surface area (Å²) < 4.78 is 12.6. The number of aromatic nitrogens is 1. The molecule has 1 fully saturated rings. The van der Waals surface area contributed by atoms with Gasteiger partial charge in [0.2, 0.25) is 0 Å². The second-order valence-electron chi connectivity index (χ2n) is 6.31. The highest BCUT2D eigenvalue weighted by atomic mass is 32.2. The molecule has 1 N–H and O–H groups in total. The van der Waals surface area contributed by atoms with Crippen molar-refractivity contribution in [2.24, 2.45) is 5.92 Å². The van der Waals surface area contributed by atoms with Crippen molar-refractivity contribution in [1.82, 2.24) is 9.87 Å². The van der Waals surface area contributed by atoms with Crippen molar-refractivity contribution in [3.8, 4) is 0 Å². The van der Waals surface area contributed by atoms with E-state index in [0.29, 0.717) is 16.9 Å². The molecule has 0 bridgehead atoms. The zero-order valence-electron chi connectivity index (χ0n) is 13.7. The van der Waals surface area contributed by atoms with E-state index in [4.69, 9.17) is 4.84 Å². The third-order valence-corrected chi connectivity index (χ3v) is 6.60. The summed E-state index contributed by atoms with van der Waals surface area (Å²) >= 11 is -0.0357. The number of benzene rings is 1. The molecule has 130 valence electrons. The van der Waals surface area contributed by atoms with E-state index < -0.39 is 11.4 Å². The van der Waals surface area contributed by atoms with Crippen LogP contribution in [0.15, 0.2) is 46.2 Å². The Morgan fingerprint density at radius 2 is 2.04 bits per heavy atom. The number of nitrogens with zero attached hydrogens (tertiary/aromatic N) is 1. The maximum Gasteiger partial charge on any atom is 0.325 e. The Hall–Kier alpha value is -0.920. The van der Waals surface area contributed by atoms with E-state index in [9.17, 15) is 4.55 Å². The molecule has 6 heteroatoms. The molecule has 2 atom stereocenters. The Kier molecular flexibility index (Phi) is 7.11. The molecule has 1 heterocycles. The molecular weight excluding hydrogens is 340 g/mol. The van der Waals surface area contributed by atoms with E-state index in [0.717, 1.165) is 12.3 Å². The van der Waals surface area contributed by atoms with Crippen molar-refractivity contribution in [1.29, 1.82) is 0 Å². The van der Waals surface area contributed by atoms with Gasteiger partial charge in [-0.25, -0.2) is 0 Å². The first-order valence-electron chi connectivity index (χ1n) is 8.56. The normalized spacial score (nSPS) is 18.4. The monoisotopic (exact) mass is 364 g/mol. The molecule has 2 aromatic rings. The minimum Gasteiger partial charge on any atom is -0.589 e. The number of nitrogens with one attached hydrogen (secondary N) is 1. The van der Waals surface area contributed by atoms with Gasteiger partial charge in [-0.2, -0.15) is 4.98 Å². The predicted octanol–water partition coefficient (Wildman–Crippen LogP) is 4.44. The quantitative estimate of drug-likeness (QED) is 0.556. The van der Waals surface area contributed by atoms with Crippen LogP contribution in [0, 0.1) is 5.92 Å². The average Bonchev–Trinajstić information content (AvgIpc) is 3.17. The zero-order chi connectivity index (χ0) is 16.6. The van der Waals surface area contributed by atoms with Crippen LogP contribution in [-0.2, 0) is 16.2 Å². The topological polar surface area (TPSA) is 57.2 Å². The Morgan fingerprint density at radius 1 is 1.25 bits per heavy atom. The first kappa shape index (κ1) is 17.9. The number of rotatable bonds is 8. The van der Waals surface area contributed by atoms with Crippen LogP contribution in [0.3, 0.4) is 0 Å². The molecule has 1 aromatic heterocycles. The van der Waals surface area contributed by atoms with Gasteiger partial charge in [-0.3, -0.25) is 4.84 Å². The van der Waals surface area contributed by atoms with Crippen LogP contribution >= 0.6 is 11.3 Å². The summed E-state index contributed by atoms with van der Waals surface area (Å²) in [6, 6.07) is 10.5. The summed E-state index contributed by atoms with van der Waals surface area (Å²) in [4.78, 5) is 12.3. The van der Waals surface area contributed by atoms with Crippen LogP contribution in [0.5, 0.6) is 0 Å². The van der Waals surface area contributed by atoms with E-state index in [-0.39, 0.29) is 0 Å². The lowest BCUT2D eigenvalue weighted by Gasteiger charge is -2.26. The van der Waals surface area contributed by atoms with Crippen LogP contribution in [0.25, 0.3) is 0 Å². The SMILES string of the molecule is [O-][S+](NOCC(CC1CCCCC1)c1ccccc1)c1nccs1. The second-order valence-corrected chi connectivity index (χ2v) is 8.55. The molecule has 4 nitrogen and oxygen atoms in total. The van der Waals surface area contributed by atoms with Gasteiger partial charge in [0.05, 0.1) is 6.61 Å². The largest absolute Gasteiger partial charge is 0.589 e. The van der Waals surface area contributed by atoms with E-state index in [1.807, 2.05) is 11.4 Å². The third-order valence-electron chi connectivity index (χ3n) is 4.60. The minimum absolute atomic E-state index is 0.329. The molecule has 1 aromatic carbocycles. The van der Waals surface area contributed by atoms with Gasteiger partial charge in [-0.15, -0.1) is 0 Å².